The summed E-state index contributed by atoms with van der Waals surface area (Å²) in [5, 5.41) is 10.2. The molecule has 148 valence electrons. The number of carbonyl (C=O) groups excluding carboxylic acids is 1. The van der Waals surface area contributed by atoms with Gasteiger partial charge in [-0.15, -0.1) is 0 Å². The van der Waals surface area contributed by atoms with E-state index in [-0.39, 0.29) is 29.8 Å². The fraction of sp³-hybridized carbons (Fsp3) is 0.273. The number of fused-ring (bicyclic) bond motifs is 1. The zero-order chi connectivity index (χ0) is 20.8. The molecule has 1 atom stereocenters. The Hall–Kier alpha value is -3.11. The quantitative estimate of drug-likeness (QED) is 0.336. The van der Waals surface area contributed by atoms with Gasteiger partial charge in [0.05, 0.1) is 22.7 Å². The predicted molar refractivity (Wildman–Crippen MR) is 116 cm³/mol. The van der Waals surface area contributed by atoms with Crippen LogP contribution in [0.25, 0.3) is 10.9 Å². The minimum atomic E-state index is -0.208. The predicted octanol–water partition coefficient (Wildman–Crippen LogP) is 4.02. The van der Waals surface area contributed by atoms with Gasteiger partial charge in [-0.05, 0) is 37.6 Å². The number of hydrogen-bond acceptors (Lipinski definition) is 5. The smallest absolute Gasteiger partial charge is 0.262 e. The maximum atomic E-state index is 13.0. The van der Waals surface area contributed by atoms with Crippen LogP contribution in [0, 0.1) is 11.3 Å². The van der Waals surface area contributed by atoms with E-state index in [0.29, 0.717) is 21.7 Å². The first-order chi connectivity index (χ1) is 14.1. The first-order valence-corrected chi connectivity index (χ1v) is 10.4. The molecule has 2 aromatic carbocycles. The normalized spacial score (nSPS) is 11.8. The fourth-order valence-electron chi connectivity index (χ4n) is 3.00. The summed E-state index contributed by atoms with van der Waals surface area (Å²) in [6.07, 6.45) is 0.770. The van der Waals surface area contributed by atoms with Crippen molar-refractivity contribution < 1.29 is 4.79 Å². The summed E-state index contributed by atoms with van der Waals surface area (Å²) in [7, 11) is 0. The van der Waals surface area contributed by atoms with Crippen molar-refractivity contribution in [1.82, 2.24) is 9.55 Å². The van der Waals surface area contributed by atoms with E-state index in [4.69, 9.17) is 5.26 Å². The van der Waals surface area contributed by atoms with Crippen LogP contribution in [0.2, 0.25) is 0 Å². The van der Waals surface area contributed by atoms with Gasteiger partial charge in [-0.2, -0.15) is 5.26 Å². The van der Waals surface area contributed by atoms with Crippen molar-refractivity contribution in [2.24, 2.45) is 0 Å². The molecule has 0 spiro atoms. The van der Waals surface area contributed by atoms with Gasteiger partial charge in [0.2, 0.25) is 5.91 Å². The maximum absolute atomic E-state index is 13.0. The highest BCUT2D eigenvalue weighted by Gasteiger charge is 2.19. The van der Waals surface area contributed by atoms with Gasteiger partial charge in [-0.1, -0.05) is 49.0 Å². The molecule has 0 aliphatic heterocycles. The van der Waals surface area contributed by atoms with Crippen LogP contribution in [0.4, 0.5) is 5.69 Å². The maximum Gasteiger partial charge on any atom is 0.262 e. The number of anilines is 1. The third kappa shape index (κ3) is 4.49. The number of carbonyl (C=O) groups is 1. The highest BCUT2D eigenvalue weighted by atomic mass is 32.2. The molecule has 29 heavy (non-hydrogen) atoms. The average molecular weight is 407 g/mol. The van der Waals surface area contributed by atoms with E-state index in [9.17, 15) is 9.59 Å². The topological polar surface area (TPSA) is 79.0 Å². The van der Waals surface area contributed by atoms with E-state index >= 15 is 0 Å². The van der Waals surface area contributed by atoms with Gasteiger partial charge < -0.3 is 0 Å². The summed E-state index contributed by atoms with van der Waals surface area (Å²) >= 11 is 1.23. The Kier molecular flexibility index (Phi) is 6.68. The second-order valence-corrected chi connectivity index (χ2v) is 7.55. The third-order valence-electron chi connectivity index (χ3n) is 4.73. The summed E-state index contributed by atoms with van der Waals surface area (Å²) in [6, 6.07) is 18.3. The van der Waals surface area contributed by atoms with Crippen LogP contribution in [0.5, 0.6) is 0 Å². The molecular weight excluding hydrogens is 384 g/mol. The Morgan fingerprint density at radius 1 is 1.21 bits per heavy atom. The van der Waals surface area contributed by atoms with E-state index in [1.165, 1.54) is 16.7 Å². The Bertz CT molecular complexity index is 1110. The van der Waals surface area contributed by atoms with Gasteiger partial charge in [0.25, 0.3) is 5.56 Å². The fourth-order valence-corrected chi connectivity index (χ4v) is 3.98. The molecule has 0 aliphatic rings. The SMILES string of the molecule is CC[C@@H](C)n1c(SCC(=O)N(CC#N)c2ccccc2)nc2ccccc2c1=O. The van der Waals surface area contributed by atoms with Crippen LogP contribution in [0.1, 0.15) is 26.3 Å². The number of aromatic nitrogens is 2. The summed E-state index contributed by atoms with van der Waals surface area (Å²) in [5.74, 6) is -0.126. The summed E-state index contributed by atoms with van der Waals surface area (Å²) in [5.41, 5.74) is 1.19. The van der Waals surface area contributed by atoms with Crippen LogP contribution in [0.15, 0.2) is 64.5 Å². The molecule has 1 aromatic heterocycles. The molecule has 6 nitrogen and oxygen atoms in total. The van der Waals surface area contributed by atoms with Crippen molar-refractivity contribution in [2.75, 3.05) is 17.2 Å². The minimum Gasteiger partial charge on any atom is -0.298 e. The molecule has 0 aliphatic carbocycles. The van der Waals surface area contributed by atoms with Crippen molar-refractivity contribution in [2.45, 2.75) is 31.5 Å². The molecule has 0 radical (unpaired) electrons. The van der Waals surface area contributed by atoms with Gasteiger partial charge >= 0.3 is 0 Å². The monoisotopic (exact) mass is 406 g/mol. The summed E-state index contributed by atoms with van der Waals surface area (Å²) < 4.78 is 1.66. The Balaban J connectivity index is 1.92. The van der Waals surface area contributed by atoms with Crippen molar-refractivity contribution in [3.05, 3.63) is 65.0 Å². The van der Waals surface area contributed by atoms with Crippen molar-refractivity contribution in [3.8, 4) is 6.07 Å². The highest BCUT2D eigenvalue weighted by molar-refractivity contribution is 7.99. The molecule has 0 bridgehead atoms. The summed E-state index contributed by atoms with van der Waals surface area (Å²) in [6.45, 7) is 3.94. The molecule has 0 saturated carbocycles. The van der Waals surface area contributed by atoms with E-state index in [0.717, 1.165) is 6.42 Å². The van der Waals surface area contributed by atoms with Gasteiger partial charge in [-0.3, -0.25) is 19.1 Å². The number of para-hydroxylation sites is 2. The molecular formula is C22H22N4O2S. The van der Waals surface area contributed by atoms with Gasteiger partial charge in [0, 0.05) is 11.7 Å². The van der Waals surface area contributed by atoms with Gasteiger partial charge in [0.1, 0.15) is 6.54 Å². The van der Waals surface area contributed by atoms with E-state index < -0.39 is 0 Å². The molecule has 3 rings (SSSR count). The second-order valence-electron chi connectivity index (χ2n) is 6.61. The number of amides is 1. The molecule has 0 N–H and O–H groups in total. The average Bonchev–Trinajstić information content (AvgIpc) is 2.76. The molecule has 0 unspecified atom stereocenters. The lowest BCUT2D eigenvalue weighted by Gasteiger charge is -2.21. The lowest BCUT2D eigenvalue weighted by molar-refractivity contribution is -0.116. The number of nitriles is 1. The number of thioether (sulfide) groups is 1. The molecule has 0 fully saturated rings. The zero-order valence-corrected chi connectivity index (χ0v) is 17.2. The van der Waals surface area contributed by atoms with Crippen LogP contribution in [-0.4, -0.2) is 27.8 Å². The van der Waals surface area contributed by atoms with Gasteiger partial charge in [0.15, 0.2) is 5.16 Å². The minimum absolute atomic E-state index is 0.0350. The van der Waals surface area contributed by atoms with Crippen molar-refractivity contribution in [1.29, 1.82) is 5.26 Å². The molecule has 1 heterocycles. The Labute approximate surface area is 173 Å². The second kappa shape index (κ2) is 9.39. The Morgan fingerprint density at radius 3 is 2.59 bits per heavy atom. The van der Waals surface area contributed by atoms with Crippen LogP contribution >= 0.6 is 11.8 Å². The molecule has 1 amide bonds. The van der Waals surface area contributed by atoms with Crippen molar-refractivity contribution >= 4 is 34.3 Å². The number of hydrogen-bond donors (Lipinski definition) is 0. The van der Waals surface area contributed by atoms with Crippen molar-refractivity contribution in [3.63, 3.8) is 0 Å². The first-order valence-electron chi connectivity index (χ1n) is 9.43. The third-order valence-corrected chi connectivity index (χ3v) is 5.67. The van der Waals surface area contributed by atoms with Crippen LogP contribution < -0.4 is 10.5 Å². The lowest BCUT2D eigenvalue weighted by Crippen LogP contribution is -2.33. The Morgan fingerprint density at radius 2 is 1.90 bits per heavy atom. The number of rotatable bonds is 7. The van der Waals surface area contributed by atoms with E-state index in [2.05, 4.69) is 4.98 Å². The first kappa shape index (κ1) is 20.6. The largest absolute Gasteiger partial charge is 0.298 e. The van der Waals surface area contributed by atoms with Crippen LogP contribution in [-0.2, 0) is 4.79 Å². The number of benzene rings is 2. The number of nitrogens with zero attached hydrogens (tertiary/aromatic N) is 4. The molecule has 3 aromatic rings. The van der Waals surface area contributed by atoms with Crippen LogP contribution in [0.3, 0.4) is 0 Å². The molecule has 0 saturated heterocycles. The van der Waals surface area contributed by atoms with E-state index in [1.807, 2.05) is 50.2 Å². The summed E-state index contributed by atoms with van der Waals surface area (Å²) in [4.78, 5) is 32.0. The standard InChI is InChI=1S/C22H22N4O2S/c1-3-16(2)26-21(28)18-11-7-8-12-19(18)24-22(26)29-15-20(27)25(14-13-23)17-9-5-4-6-10-17/h4-12,16H,3,14-15H2,1-2H3/t16-/m1/s1. The van der Waals surface area contributed by atoms with E-state index in [1.54, 1.807) is 28.8 Å². The molecule has 7 heteroatoms. The lowest BCUT2D eigenvalue weighted by atomic mass is 10.2. The zero-order valence-electron chi connectivity index (χ0n) is 16.4. The highest BCUT2D eigenvalue weighted by Crippen LogP contribution is 2.23. The van der Waals surface area contributed by atoms with Gasteiger partial charge in [-0.25, -0.2) is 4.98 Å².